The molecule has 0 saturated heterocycles. The number of allylic oxidation sites excluding steroid dienone is 7. The second-order valence-electron chi connectivity index (χ2n) is 14.0. The molecule has 0 aromatic carbocycles. The van der Waals surface area contributed by atoms with Crippen LogP contribution in [0.3, 0.4) is 0 Å². The summed E-state index contributed by atoms with van der Waals surface area (Å²) in [5, 5.41) is 22.8. The lowest BCUT2D eigenvalue weighted by molar-refractivity contribution is -0.123. The first-order chi connectivity index (χ1) is 23.7. The third-order valence-electron chi connectivity index (χ3n) is 9.36. The van der Waals surface area contributed by atoms with Crippen LogP contribution in [0.1, 0.15) is 206 Å². The molecular weight excluding hydrogens is 590 g/mol. The van der Waals surface area contributed by atoms with Crippen LogP contribution in [0.4, 0.5) is 0 Å². The molecule has 2 unspecified atom stereocenters. The monoisotopic (exact) mass is 672 g/mol. The molecule has 0 radical (unpaired) electrons. The SMILES string of the molecule is C/C=C/CC/C=C/CC/C=C/C(O)C(CO)NC(=O)CCCCCCCCCCCCCCCCC/C=C\CCCCCCCCCC. The highest BCUT2D eigenvalue weighted by molar-refractivity contribution is 5.76. The smallest absolute Gasteiger partial charge is 0.220 e. The van der Waals surface area contributed by atoms with Gasteiger partial charge in [0.25, 0.3) is 0 Å². The predicted octanol–water partition coefficient (Wildman–Crippen LogP) is 12.8. The van der Waals surface area contributed by atoms with Crippen LogP contribution in [-0.2, 0) is 4.79 Å². The largest absolute Gasteiger partial charge is 0.394 e. The maximum Gasteiger partial charge on any atom is 0.220 e. The molecule has 0 bridgehead atoms. The molecule has 0 spiro atoms. The highest BCUT2D eigenvalue weighted by Gasteiger charge is 2.17. The summed E-state index contributed by atoms with van der Waals surface area (Å²) < 4.78 is 0. The van der Waals surface area contributed by atoms with Crippen LogP contribution in [0.15, 0.2) is 48.6 Å². The molecule has 2 atom stereocenters. The predicted molar refractivity (Wildman–Crippen MR) is 211 cm³/mol. The highest BCUT2D eigenvalue weighted by Crippen LogP contribution is 2.15. The normalized spacial score (nSPS) is 13.5. The summed E-state index contributed by atoms with van der Waals surface area (Å²) in [7, 11) is 0. The summed E-state index contributed by atoms with van der Waals surface area (Å²) in [6.07, 6.45) is 53.9. The molecule has 0 rings (SSSR count). The molecule has 280 valence electrons. The molecule has 1 amide bonds. The lowest BCUT2D eigenvalue weighted by Gasteiger charge is -2.19. The van der Waals surface area contributed by atoms with Crippen molar-refractivity contribution in [3.63, 3.8) is 0 Å². The summed E-state index contributed by atoms with van der Waals surface area (Å²) in [4.78, 5) is 12.3. The molecular formula is C44H81NO3. The summed E-state index contributed by atoms with van der Waals surface area (Å²) in [6.45, 7) is 4.06. The number of carbonyl (C=O) groups excluding carboxylic acids is 1. The number of rotatable bonds is 37. The number of aliphatic hydroxyl groups is 2. The lowest BCUT2D eigenvalue weighted by Crippen LogP contribution is -2.45. The van der Waals surface area contributed by atoms with Crippen molar-refractivity contribution in [2.45, 2.75) is 219 Å². The van der Waals surface area contributed by atoms with Crippen molar-refractivity contribution in [3.8, 4) is 0 Å². The first kappa shape index (κ1) is 46.4. The van der Waals surface area contributed by atoms with Gasteiger partial charge in [-0.3, -0.25) is 4.79 Å². The van der Waals surface area contributed by atoms with E-state index in [0.717, 1.165) is 38.5 Å². The Bertz CT molecular complexity index is 771. The van der Waals surface area contributed by atoms with Gasteiger partial charge in [-0.1, -0.05) is 184 Å². The Kier molecular flexibility index (Phi) is 38.4. The molecule has 4 heteroatoms. The highest BCUT2D eigenvalue weighted by atomic mass is 16.3. The van der Waals surface area contributed by atoms with Crippen molar-refractivity contribution >= 4 is 5.91 Å². The summed E-state index contributed by atoms with van der Waals surface area (Å²) in [5.41, 5.74) is 0. The average Bonchev–Trinajstić information content (AvgIpc) is 3.09. The van der Waals surface area contributed by atoms with E-state index in [1.165, 1.54) is 148 Å². The van der Waals surface area contributed by atoms with Gasteiger partial charge in [-0.2, -0.15) is 0 Å². The van der Waals surface area contributed by atoms with Gasteiger partial charge in [0.05, 0.1) is 18.8 Å². The van der Waals surface area contributed by atoms with Crippen molar-refractivity contribution in [1.82, 2.24) is 5.32 Å². The molecule has 4 nitrogen and oxygen atoms in total. The van der Waals surface area contributed by atoms with Crippen LogP contribution in [-0.4, -0.2) is 34.9 Å². The van der Waals surface area contributed by atoms with E-state index >= 15 is 0 Å². The third kappa shape index (κ3) is 35.7. The van der Waals surface area contributed by atoms with Crippen LogP contribution in [0.5, 0.6) is 0 Å². The standard InChI is InChI=1S/C44H81NO3/c1-3-5-7-9-11-13-14-15-16-17-18-19-20-21-22-23-24-25-26-27-28-29-30-32-34-36-38-40-44(48)45-42(41-46)43(47)39-37-35-33-31-12-10-8-6-4-2/h4,6,12,17-18,31,37,39,42-43,46-47H,3,5,7-11,13-16,19-30,32-36,38,40-41H2,1-2H3,(H,45,48)/b6-4+,18-17-,31-12+,39-37+. The van der Waals surface area contributed by atoms with Gasteiger partial charge in [0, 0.05) is 6.42 Å². The van der Waals surface area contributed by atoms with Crippen LogP contribution < -0.4 is 5.32 Å². The number of amides is 1. The topological polar surface area (TPSA) is 69.6 Å². The van der Waals surface area contributed by atoms with E-state index < -0.39 is 12.1 Å². The molecule has 0 aliphatic rings. The van der Waals surface area contributed by atoms with Crippen LogP contribution in [0, 0.1) is 0 Å². The summed E-state index contributed by atoms with van der Waals surface area (Å²) in [6, 6.07) is -0.642. The van der Waals surface area contributed by atoms with Gasteiger partial charge < -0.3 is 15.5 Å². The van der Waals surface area contributed by atoms with E-state index in [-0.39, 0.29) is 12.5 Å². The van der Waals surface area contributed by atoms with E-state index in [9.17, 15) is 15.0 Å². The van der Waals surface area contributed by atoms with Crippen LogP contribution in [0.25, 0.3) is 0 Å². The molecule has 0 heterocycles. The van der Waals surface area contributed by atoms with Crippen LogP contribution in [0.2, 0.25) is 0 Å². The van der Waals surface area contributed by atoms with E-state index in [0.29, 0.717) is 6.42 Å². The summed E-state index contributed by atoms with van der Waals surface area (Å²) >= 11 is 0. The fourth-order valence-corrected chi connectivity index (χ4v) is 6.15. The van der Waals surface area contributed by atoms with Crippen LogP contribution >= 0.6 is 0 Å². The van der Waals surface area contributed by atoms with Gasteiger partial charge in [0.1, 0.15) is 0 Å². The Labute approximate surface area is 299 Å². The van der Waals surface area contributed by atoms with Crippen molar-refractivity contribution in [1.29, 1.82) is 0 Å². The molecule has 0 saturated carbocycles. The average molecular weight is 672 g/mol. The number of aliphatic hydroxyl groups excluding tert-OH is 2. The van der Waals surface area contributed by atoms with Gasteiger partial charge in [-0.05, 0) is 64.7 Å². The van der Waals surface area contributed by atoms with Gasteiger partial charge in [0.15, 0.2) is 0 Å². The van der Waals surface area contributed by atoms with Gasteiger partial charge >= 0.3 is 0 Å². The maximum absolute atomic E-state index is 12.3. The molecule has 0 fully saturated rings. The minimum absolute atomic E-state index is 0.0812. The Morgan fingerprint density at radius 3 is 1.33 bits per heavy atom. The van der Waals surface area contributed by atoms with Crippen molar-refractivity contribution in [2.75, 3.05) is 6.61 Å². The van der Waals surface area contributed by atoms with E-state index in [1.807, 2.05) is 13.0 Å². The Morgan fingerprint density at radius 2 is 0.896 bits per heavy atom. The Morgan fingerprint density at radius 1 is 0.521 bits per heavy atom. The molecule has 0 aliphatic heterocycles. The zero-order chi connectivity index (χ0) is 35.0. The van der Waals surface area contributed by atoms with Crippen molar-refractivity contribution in [2.24, 2.45) is 0 Å². The minimum atomic E-state index is -0.866. The van der Waals surface area contributed by atoms with E-state index in [1.54, 1.807) is 6.08 Å². The zero-order valence-electron chi connectivity index (χ0n) is 32.0. The van der Waals surface area contributed by atoms with Crippen molar-refractivity contribution < 1.29 is 15.0 Å². The quantitative estimate of drug-likeness (QED) is 0.0455. The first-order valence-electron chi connectivity index (χ1n) is 20.8. The molecule has 48 heavy (non-hydrogen) atoms. The number of hydrogen-bond acceptors (Lipinski definition) is 3. The Balaban J connectivity index is 3.47. The number of hydrogen-bond donors (Lipinski definition) is 3. The number of nitrogens with one attached hydrogen (secondary N) is 1. The maximum atomic E-state index is 12.3. The molecule has 0 aromatic heterocycles. The van der Waals surface area contributed by atoms with Crippen molar-refractivity contribution in [3.05, 3.63) is 48.6 Å². The molecule has 0 aliphatic carbocycles. The Hall–Kier alpha value is -1.65. The third-order valence-corrected chi connectivity index (χ3v) is 9.36. The van der Waals surface area contributed by atoms with Gasteiger partial charge in [-0.15, -0.1) is 0 Å². The zero-order valence-corrected chi connectivity index (χ0v) is 32.0. The summed E-state index contributed by atoms with van der Waals surface area (Å²) in [5.74, 6) is -0.0812. The second-order valence-corrected chi connectivity index (χ2v) is 14.0. The van der Waals surface area contributed by atoms with Gasteiger partial charge in [0.2, 0.25) is 5.91 Å². The number of carbonyl (C=O) groups is 1. The van der Waals surface area contributed by atoms with Gasteiger partial charge in [-0.25, -0.2) is 0 Å². The fourth-order valence-electron chi connectivity index (χ4n) is 6.15. The molecule has 3 N–H and O–H groups in total. The number of unbranched alkanes of at least 4 members (excludes halogenated alkanes) is 25. The molecule has 0 aromatic rings. The fraction of sp³-hybridized carbons (Fsp3) is 0.795. The minimum Gasteiger partial charge on any atom is -0.394 e. The lowest BCUT2D eigenvalue weighted by atomic mass is 10.0. The second kappa shape index (κ2) is 39.8. The van der Waals surface area contributed by atoms with E-state index in [2.05, 4.69) is 48.7 Å². The first-order valence-corrected chi connectivity index (χ1v) is 20.8. The van der Waals surface area contributed by atoms with E-state index in [4.69, 9.17) is 0 Å².